The molecule has 1 aromatic carbocycles. The number of likely N-dealkylation sites (tertiary alicyclic amines) is 1. The van der Waals surface area contributed by atoms with E-state index in [4.69, 9.17) is 0 Å². The molecule has 0 bridgehead atoms. The summed E-state index contributed by atoms with van der Waals surface area (Å²) in [4.78, 5) is 2.45. The number of aryl methyl sites for hydroxylation is 2. The first-order valence-corrected chi connectivity index (χ1v) is 12.5. The Balaban J connectivity index is 1.75. The molecular formula is C20H26FIN2. The molecule has 3 aliphatic heterocycles. The third kappa shape index (κ3) is 3.15. The number of halogens is 2. The molecule has 1 fully saturated rings. The van der Waals surface area contributed by atoms with Crippen LogP contribution in [0.5, 0.6) is 0 Å². The molecule has 1 N–H and O–H groups in total. The number of hydrogen-bond acceptors (Lipinski definition) is 2. The molecule has 130 valence electrons. The van der Waals surface area contributed by atoms with E-state index in [9.17, 15) is 4.39 Å². The van der Waals surface area contributed by atoms with Crippen LogP contribution in [0.1, 0.15) is 30.4 Å². The molecule has 1 aromatic rings. The van der Waals surface area contributed by atoms with E-state index in [2.05, 4.69) is 42.4 Å². The monoisotopic (exact) mass is 440 g/mol. The first-order chi connectivity index (χ1) is 11.6. The van der Waals surface area contributed by atoms with E-state index >= 15 is 0 Å². The standard InChI is InChI=1S/C20H26FIN2/c1-14-3-6-19-15(11-14)4-5-16-12-17(21)13-23-20(16)22(19)18-7-9-24(2)10-8-18/h3,6,11-13,18,20,23H,4-5,7-10H2,1-2H3. The van der Waals surface area contributed by atoms with Gasteiger partial charge in [0, 0.05) is 0 Å². The molecule has 2 nitrogen and oxygen atoms in total. The van der Waals surface area contributed by atoms with Crippen molar-refractivity contribution in [3.8, 4) is 0 Å². The van der Waals surface area contributed by atoms with Crippen LogP contribution in [0.15, 0.2) is 41.9 Å². The molecular weight excluding hydrogens is 414 g/mol. The number of dihydropyridines is 1. The van der Waals surface area contributed by atoms with Crippen molar-refractivity contribution in [3.63, 3.8) is 0 Å². The van der Waals surface area contributed by atoms with Crippen LogP contribution in [0.3, 0.4) is 0 Å². The summed E-state index contributed by atoms with van der Waals surface area (Å²) in [6.07, 6.45) is 8.08. The van der Waals surface area contributed by atoms with Crippen LogP contribution in [0, 0.1) is 10.5 Å². The van der Waals surface area contributed by atoms with Gasteiger partial charge >= 0.3 is 152 Å². The van der Waals surface area contributed by atoms with Crippen molar-refractivity contribution in [3.05, 3.63) is 56.6 Å². The van der Waals surface area contributed by atoms with Gasteiger partial charge in [0.1, 0.15) is 0 Å². The van der Waals surface area contributed by atoms with Crippen molar-refractivity contribution in [2.24, 2.45) is 0 Å². The number of allylic oxidation sites excluding steroid dienone is 2. The van der Waals surface area contributed by atoms with Gasteiger partial charge in [0.2, 0.25) is 0 Å². The van der Waals surface area contributed by atoms with E-state index in [0.717, 1.165) is 16.8 Å². The van der Waals surface area contributed by atoms with Crippen LogP contribution >= 0.6 is 19.8 Å². The van der Waals surface area contributed by atoms with Crippen LogP contribution in [-0.4, -0.2) is 33.0 Å². The molecule has 0 amide bonds. The Morgan fingerprint density at radius 3 is 2.79 bits per heavy atom. The zero-order valence-corrected chi connectivity index (χ0v) is 16.6. The summed E-state index contributed by atoms with van der Waals surface area (Å²) >= 11 is -1.50. The second-order valence-corrected chi connectivity index (χ2v) is 13.3. The van der Waals surface area contributed by atoms with Gasteiger partial charge in [0.05, 0.1) is 0 Å². The van der Waals surface area contributed by atoms with Crippen LogP contribution in [0.2, 0.25) is 0 Å². The fraction of sp³-hybridized carbons (Fsp3) is 0.500. The van der Waals surface area contributed by atoms with Gasteiger partial charge in [0.15, 0.2) is 0 Å². The molecule has 3 heterocycles. The van der Waals surface area contributed by atoms with Crippen molar-refractivity contribution in [1.82, 2.24) is 10.2 Å². The molecule has 4 rings (SSSR count). The summed E-state index contributed by atoms with van der Waals surface area (Å²) in [5.41, 5.74) is 4.20. The Kier molecular flexibility index (Phi) is 4.69. The van der Waals surface area contributed by atoms with Gasteiger partial charge in [-0.05, 0) is 0 Å². The number of nitrogens with one attached hydrogen (secondary N) is 1. The third-order valence-electron chi connectivity index (χ3n) is 5.35. The van der Waals surface area contributed by atoms with Gasteiger partial charge in [-0.25, -0.2) is 0 Å². The zero-order valence-electron chi connectivity index (χ0n) is 14.5. The molecule has 1 unspecified atom stereocenters. The fourth-order valence-electron chi connectivity index (χ4n) is 4.03. The maximum absolute atomic E-state index is 13.8. The van der Waals surface area contributed by atoms with Gasteiger partial charge in [-0.1, -0.05) is 0 Å². The first kappa shape index (κ1) is 16.6. The van der Waals surface area contributed by atoms with E-state index in [1.165, 1.54) is 42.6 Å². The van der Waals surface area contributed by atoms with Gasteiger partial charge < -0.3 is 0 Å². The van der Waals surface area contributed by atoms with Crippen molar-refractivity contribution in [2.45, 2.75) is 40.6 Å². The number of fused-ring (bicyclic) bond motifs is 2. The summed E-state index contributed by atoms with van der Waals surface area (Å²) in [5, 5.41) is 3.48. The van der Waals surface area contributed by atoms with Gasteiger partial charge in [-0.2, -0.15) is 0 Å². The average molecular weight is 440 g/mol. The summed E-state index contributed by atoms with van der Waals surface area (Å²) in [7, 11) is 2.23. The fourth-order valence-corrected chi connectivity index (χ4v) is 12.3. The Morgan fingerprint density at radius 2 is 2.00 bits per heavy atom. The predicted octanol–water partition coefficient (Wildman–Crippen LogP) is 4.38. The number of benzene rings is 1. The van der Waals surface area contributed by atoms with Gasteiger partial charge in [0.25, 0.3) is 0 Å². The van der Waals surface area contributed by atoms with E-state index < -0.39 is 19.8 Å². The molecule has 0 saturated carbocycles. The van der Waals surface area contributed by atoms with Crippen LogP contribution in [-0.2, 0) is 6.42 Å². The first-order valence-electron chi connectivity index (χ1n) is 8.89. The van der Waals surface area contributed by atoms with E-state index in [1.54, 1.807) is 9.77 Å². The summed E-state index contributed by atoms with van der Waals surface area (Å²) in [6, 6.07) is 7.08. The molecule has 0 aliphatic carbocycles. The summed E-state index contributed by atoms with van der Waals surface area (Å²) in [5.74, 6) is -0.109. The molecule has 24 heavy (non-hydrogen) atoms. The number of alkyl halides is 2. The Morgan fingerprint density at radius 1 is 1.21 bits per heavy atom. The zero-order chi connectivity index (χ0) is 16.7. The molecule has 3 aliphatic rings. The Bertz CT molecular complexity index is 689. The average Bonchev–Trinajstić information content (AvgIpc) is 2.72. The minimum atomic E-state index is -1.50. The van der Waals surface area contributed by atoms with Crippen LogP contribution in [0.25, 0.3) is 0 Å². The van der Waals surface area contributed by atoms with Crippen molar-refractivity contribution in [1.29, 1.82) is 0 Å². The van der Waals surface area contributed by atoms with Crippen LogP contribution in [0.4, 0.5) is 4.39 Å². The third-order valence-corrected chi connectivity index (χ3v) is 13.4. The number of hydrogen-bond donors (Lipinski definition) is 1. The molecule has 1 saturated heterocycles. The van der Waals surface area contributed by atoms with E-state index in [-0.39, 0.29) is 5.83 Å². The predicted molar refractivity (Wildman–Crippen MR) is 107 cm³/mol. The second kappa shape index (κ2) is 6.79. The minimum absolute atomic E-state index is 0.109. The Hall–Kier alpha value is -0.880. The number of nitrogens with zero attached hydrogens (tertiary/aromatic N) is 1. The van der Waals surface area contributed by atoms with E-state index in [1.807, 2.05) is 6.08 Å². The van der Waals surface area contributed by atoms with Gasteiger partial charge in [-0.15, -0.1) is 0 Å². The topological polar surface area (TPSA) is 15.3 Å². The maximum atomic E-state index is 13.8. The van der Waals surface area contributed by atoms with Crippen molar-refractivity contribution in [2.75, 3.05) is 20.1 Å². The van der Waals surface area contributed by atoms with Crippen molar-refractivity contribution >= 4 is 19.8 Å². The molecule has 0 aromatic heterocycles. The summed E-state index contributed by atoms with van der Waals surface area (Å²) in [6.45, 7) is 4.59. The molecule has 0 spiro atoms. The molecule has 4 heteroatoms. The number of piperidine rings is 1. The normalized spacial score (nSPS) is 26.6. The van der Waals surface area contributed by atoms with Gasteiger partial charge in [-0.3, -0.25) is 0 Å². The number of rotatable bonds is 1. The van der Waals surface area contributed by atoms with E-state index in [0.29, 0.717) is 4.05 Å². The molecule has 1 atom stereocenters. The van der Waals surface area contributed by atoms with Crippen molar-refractivity contribution < 1.29 is 4.39 Å². The molecule has 0 radical (unpaired) electrons. The SMILES string of the molecule is Cc1ccc2c(c1)CCC1=CC(F)=CNC1I2C1CCN(C)CC1. The second-order valence-electron chi connectivity index (χ2n) is 7.19. The summed E-state index contributed by atoms with van der Waals surface area (Å²) < 4.78 is 16.7. The quantitative estimate of drug-likeness (QED) is 0.396. The van der Waals surface area contributed by atoms with Crippen LogP contribution < -0.4 is 5.32 Å². The Labute approximate surface area is 151 Å².